The summed E-state index contributed by atoms with van der Waals surface area (Å²) in [7, 11) is 0. The number of hydrogen-bond donors (Lipinski definition) is 1. The Kier molecular flexibility index (Phi) is 4.68. The molecule has 3 nitrogen and oxygen atoms in total. The monoisotopic (exact) mass is 369 g/mol. The highest BCUT2D eigenvalue weighted by Crippen LogP contribution is 2.29. The van der Waals surface area contributed by atoms with Crippen LogP contribution in [0.5, 0.6) is 0 Å². The van der Waals surface area contributed by atoms with Crippen LogP contribution in [0.1, 0.15) is 15.9 Å². The molecule has 1 heterocycles. The first-order valence-corrected chi connectivity index (χ1v) is 8.82. The van der Waals surface area contributed by atoms with E-state index in [2.05, 4.69) is 4.98 Å². The number of carbonyl (C=O) groups excluding carboxylic acids is 1. The van der Waals surface area contributed by atoms with E-state index < -0.39 is 17.2 Å². The lowest BCUT2D eigenvalue weighted by Gasteiger charge is -2.11. The van der Waals surface area contributed by atoms with Crippen molar-refractivity contribution >= 4 is 22.8 Å². The first-order chi connectivity index (χ1) is 13.6. The number of H-pyrrole nitrogens is 1. The molecule has 0 bridgehead atoms. The van der Waals surface area contributed by atoms with Gasteiger partial charge in [-0.3, -0.25) is 9.59 Å². The molecule has 0 spiro atoms. The van der Waals surface area contributed by atoms with Gasteiger partial charge in [-0.2, -0.15) is 0 Å². The number of rotatable bonds is 4. The van der Waals surface area contributed by atoms with Crippen molar-refractivity contribution < 1.29 is 9.18 Å². The fourth-order valence-corrected chi connectivity index (χ4v) is 3.24. The van der Waals surface area contributed by atoms with Crippen molar-refractivity contribution in [1.82, 2.24) is 4.98 Å². The number of para-hydroxylation sites is 1. The Hall–Kier alpha value is -3.79. The maximum atomic E-state index is 13.8. The zero-order valence-corrected chi connectivity index (χ0v) is 14.9. The number of halogens is 1. The van der Waals surface area contributed by atoms with Gasteiger partial charge in [-0.25, -0.2) is 4.39 Å². The van der Waals surface area contributed by atoms with Gasteiger partial charge in [-0.15, -0.1) is 0 Å². The molecule has 3 aromatic carbocycles. The molecule has 136 valence electrons. The van der Waals surface area contributed by atoms with Crippen molar-refractivity contribution in [3.05, 3.63) is 112 Å². The number of ketones is 1. The van der Waals surface area contributed by atoms with E-state index in [-0.39, 0.29) is 11.1 Å². The Morgan fingerprint density at radius 3 is 2.32 bits per heavy atom. The van der Waals surface area contributed by atoms with Crippen LogP contribution in [0.2, 0.25) is 0 Å². The zero-order chi connectivity index (χ0) is 19.5. The van der Waals surface area contributed by atoms with Crippen LogP contribution in [0.4, 0.5) is 4.39 Å². The molecule has 0 amide bonds. The van der Waals surface area contributed by atoms with Gasteiger partial charge in [0, 0.05) is 22.0 Å². The minimum atomic E-state index is -0.478. The van der Waals surface area contributed by atoms with E-state index in [9.17, 15) is 14.0 Å². The predicted octanol–water partition coefficient (Wildman–Crippen LogP) is 5.23. The van der Waals surface area contributed by atoms with Crippen molar-refractivity contribution in [2.45, 2.75) is 0 Å². The Balaban J connectivity index is 1.91. The average molecular weight is 369 g/mol. The second-order valence-electron chi connectivity index (χ2n) is 6.33. The lowest BCUT2D eigenvalue weighted by Crippen LogP contribution is -2.18. The molecule has 0 aliphatic carbocycles. The molecule has 0 aliphatic heterocycles. The lowest BCUT2D eigenvalue weighted by atomic mass is 9.94. The fraction of sp³-hybridized carbons (Fsp3) is 0. The summed E-state index contributed by atoms with van der Waals surface area (Å²) in [5, 5.41) is 0.774. The summed E-state index contributed by atoms with van der Waals surface area (Å²) in [6.45, 7) is 0. The number of fused-ring (bicyclic) bond motifs is 1. The maximum absolute atomic E-state index is 13.8. The van der Waals surface area contributed by atoms with Crippen LogP contribution in [0, 0.1) is 5.82 Å². The second kappa shape index (κ2) is 7.45. The lowest BCUT2D eigenvalue weighted by molar-refractivity contribution is 0.104. The quantitative estimate of drug-likeness (QED) is 0.395. The molecule has 0 saturated carbocycles. The molecule has 1 aromatic heterocycles. The Labute approximate surface area is 160 Å². The van der Waals surface area contributed by atoms with Crippen molar-refractivity contribution in [2.75, 3.05) is 0 Å². The molecule has 4 rings (SSSR count). The standard InChI is InChI=1S/C24H16FNO2/c25-19-12-6-4-8-16(19)14-15-21(27)23-22(17-9-2-1-3-10-17)18-11-5-7-13-20(18)26-24(23)28/h1-15H,(H,26,28)/b15-14+. The number of allylic oxidation sites excluding steroid dienone is 1. The van der Waals surface area contributed by atoms with Crippen LogP contribution in [-0.2, 0) is 0 Å². The van der Waals surface area contributed by atoms with E-state index in [1.54, 1.807) is 24.3 Å². The molecule has 0 fully saturated rings. The average Bonchev–Trinajstić information content (AvgIpc) is 2.72. The van der Waals surface area contributed by atoms with Gasteiger partial charge < -0.3 is 4.98 Å². The predicted molar refractivity (Wildman–Crippen MR) is 110 cm³/mol. The van der Waals surface area contributed by atoms with Crippen molar-refractivity contribution in [3.8, 4) is 11.1 Å². The highest BCUT2D eigenvalue weighted by atomic mass is 19.1. The number of benzene rings is 3. The van der Waals surface area contributed by atoms with Gasteiger partial charge in [0.05, 0.1) is 5.56 Å². The molecule has 0 saturated heterocycles. The zero-order valence-electron chi connectivity index (χ0n) is 14.9. The maximum Gasteiger partial charge on any atom is 0.260 e. The molecule has 0 aliphatic rings. The van der Waals surface area contributed by atoms with E-state index in [0.29, 0.717) is 11.1 Å². The summed E-state index contributed by atoms with van der Waals surface area (Å²) in [5.41, 5.74) is 1.85. The van der Waals surface area contributed by atoms with Crippen LogP contribution in [0.25, 0.3) is 28.1 Å². The normalized spacial score (nSPS) is 11.2. The molecule has 0 atom stereocenters. The van der Waals surface area contributed by atoms with Crippen LogP contribution < -0.4 is 5.56 Å². The smallest absolute Gasteiger partial charge is 0.260 e. The van der Waals surface area contributed by atoms with Gasteiger partial charge in [0.15, 0.2) is 5.78 Å². The molecule has 4 heteroatoms. The van der Waals surface area contributed by atoms with Gasteiger partial charge in [-0.05, 0) is 29.8 Å². The van der Waals surface area contributed by atoms with E-state index in [1.165, 1.54) is 18.2 Å². The highest BCUT2D eigenvalue weighted by Gasteiger charge is 2.19. The second-order valence-corrected chi connectivity index (χ2v) is 6.33. The van der Waals surface area contributed by atoms with E-state index in [4.69, 9.17) is 0 Å². The molecule has 0 unspecified atom stereocenters. The molecule has 28 heavy (non-hydrogen) atoms. The van der Waals surface area contributed by atoms with Crippen LogP contribution in [0.3, 0.4) is 0 Å². The Morgan fingerprint density at radius 2 is 1.54 bits per heavy atom. The van der Waals surface area contributed by atoms with Crippen LogP contribution >= 0.6 is 0 Å². The van der Waals surface area contributed by atoms with Crippen LogP contribution in [0.15, 0.2) is 89.7 Å². The summed E-state index contributed by atoms with van der Waals surface area (Å²) in [6.07, 6.45) is 2.63. The summed E-state index contributed by atoms with van der Waals surface area (Å²) in [4.78, 5) is 28.5. The summed E-state index contributed by atoms with van der Waals surface area (Å²) in [6, 6.07) is 22.8. The SMILES string of the molecule is O=C(/C=C/c1ccccc1F)c1c(-c2ccccc2)c2ccccc2[nH]c1=O. The topological polar surface area (TPSA) is 49.9 Å². The third kappa shape index (κ3) is 3.28. The van der Waals surface area contributed by atoms with Gasteiger partial charge >= 0.3 is 0 Å². The molecule has 4 aromatic rings. The number of nitrogens with one attached hydrogen (secondary N) is 1. The number of carbonyl (C=O) groups is 1. The summed E-state index contributed by atoms with van der Waals surface area (Å²) in [5.74, 6) is -0.906. The molecule has 1 N–H and O–H groups in total. The summed E-state index contributed by atoms with van der Waals surface area (Å²) >= 11 is 0. The third-order valence-corrected chi connectivity index (χ3v) is 4.55. The third-order valence-electron chi connectivity index (χ3n) is 4.55. The van der Waals surface area contributed by atoms with Crippen molar-refractivity contribution in [3.63, 3.8) is 0 Å². The largest absolute Gasteiger partial charge is 0.321 e. The number of aromatic nitrogens is 1. The van der Waals surface area contributed by atoms with Gasteiger partial charge in [-0.1, -0.05) is 66.7 Å². The molecular formula is C24H16FNO2. The van der Waals surface area contributed by atoms with Crippen LogP contribution in [-0.4, -0.2) is 10.8 Å². The highest BCUT2D eigenvalue weighted by molar-refractivity contribution is 6.15. The van der Waals surface area contributed by atoms with Gasteiger partial charge in [0.1, 0.15) is 5.82 Å². The minimum Gasteiger partial charge on any atom is -0.321 e. The van der Waals surface area contributed by atoms with Crippen molar-refractivity contribution in [1.29, 1.82) is 0 Å². The van der Waals surface area contributed by atoms with Gasteiger partial charge in [0.25, 0.3) is 5.56 Å². The minimum absolute atomic E-state index is 0.0393. The number of pyridine rings is 1. The number of hydrogen-bond acceptors (Lipinski definition) is 2. The Bertz CT molecular complexity index is 1260. The molecule has 0 radical (unpaired) electrons. The van der Waals surface area contributed by atoms with E-state index in [0.717, 1.165) is 10.9 Å². The van der Waals surface area contributed by atoms with Crippen molar-refractivity contribution in [2.24, 2.45) is 0 Å². The first-order valence-electron chi connectivity index (χ1n) is 8.82. The number of aromatic amines is 1. The first kappa shape index (κ1) is 17.6. The molecular weight excluding hydrogens is 353 g/mol. The van der Waals surface area contributed by atoms with E-state index >= 15 is 0 Å². The van der Waals surface area contributed by atoms with E-state index in [1.807, 2.05) is 48.5 Å². The summed E-state index contributed by atoms with van der Waals surface area (Å²) < 4.78 is 13.8. The van der Waals surface area contributed by atoms with Gasteiger partial charge in [0.2, 0.25) is 0 Å². The Morgan fingerprint density at radius 1 is 0.857 bits per heavy atom. The fourth-order valence-electron chi connectivity index (χ4n) is 3.24.